The summed E-state index contributed by atoms with van der Waals surface area (Å²) >= 11 is 0. The molecule has 2 aromatic rings. The summed E-state index contributed by atoms with van der Waals surface area (Å²) in [5.74, 6) is 0.112. The Morgan fingerprint density at radius 3 is 2.43 bits per heavy atom. The number of rotatable bonds is 7. The van der Waals surface area contributed by atoms with Crippen LogP contribution in [-0.4, -0.2) is 50.3 Å². The Morgan fingerprint density at radius 1 is 1.11 bits per heavy atom. The molecule has 1 aliphatic heterocycles. The Bertz CT molecular complexity index is 923. The third-order valence-electron chi connectivity index (χ3n) is 4.91. The molecule has 0 radical (unpaired) electrons. The molecule has 1 saturated heterocycles. The first-order valence-electron chi connectivity index (χ1n) is 9.38. The van der Waals surface area contributed by atoms with Gasteiger partial charge < -0.3 is 9.64 Å². The molecule has 0 aromatic heterocycles. The molecule has 7 heteroatoms. The topological polar surface area (TPSA) is 66.9 Å². The molecule has 0 N–H and O–H groups in total. The molecule has 6 nitrogen and oxygen atoms in total. The molecule has 0 aliphatic carbocycles. The van der Waals surface area contributed by atoms with Crippen LogP contribution in [0.2, 0.25) is 0 Å². The average Bonchev–Trinajstić information content (AvgIpc) is 3.23. The number of amides is 1. The molecule has 0 bridgehead atoms. The van der Waals surface area contributed by atoms with E-state index < -0.39 is 10.0 Å². The van der Waals surface area contributed by atoms with E-state index in [1.54, 1.807) is 23.1 Å². The zero-order valence-electron chi connectivity index (χ0n) is 16.3. The van der Waals surface area contributed by atoms with Crippen LogP contribution in [0, 0.1) is 6.92 Å². The predicted octanol–water partition coefficient (Wildman–Crippen LogP) is 2.82. The van der Waals surface area contributed by atoms with Crippen molar-refractivity contribution < 1.29 is 17.9 Å². The Labute approximate surface area is 166 Å². The number of carbonyl (C=O) groups excluding carboxylic acids is 1. The number of methoxy groups -OCH3 is 1. The van der Waals surface area contributed by atoms with Gasteiger partial charge in [-0.3, -0.25) is 4.79 Å². The first-order chi connectivity index (χ1) is 13.4. The standard InChI is InChI=1S/C21H26N2O4S/c1-17-10-11-19(27-2)20(14-17)28(25,26)23(15-18-8-4-3-5-9-18)16-21(24)22-12-6-7-13-22/h3-5,8-11,14H,6-7,12-13,15-16H2,1-2H3. The number of aryl methyl sites for hydroxylation is 1. The second-order valence-electron chi connectivity index (χ2n) is 7.00. The van der Waals surface area contributed by atoms with E-state index in [1.165, 1.54) is 11.4 Å². The zero-order valence-corrected chi connectivity index (χ0v) is 17.1. The van der Waals surface area contributed by atoms with Crippen molar-refractivity contribution in [1.29, 1.82) is 0 Å². The van der Waals surface area contributed by atoms with Gasteiger partial charge in [0.15, 0.2) is 0 Å². The van der Waals surface area contributed by atoms with Crippen molar-refractivity contribution in [2.75, 3.05) is 26.7 Å². The SMILES string of the molecule is COc1ccc(C)cc1S(=O)(=O)N(CC(=O)N1CCCC1)Cc1ccccc1. The van der Waals surface area contributed by atoms with Crippen LogP contribution in [-0.2, 0) is 21.4 Å². The predicted molar refractivity (Wildman–Crippen MR) is 108 cm³/mol. The van der Waals surface area contributed by atoms with E-state index in [2.05, 4.69) is 0 Å². The summed E-state index contributed by atoms with van der Waals surface area (Å²) in [4.78, 5) is 14.6. The van der Waals surface area contributed by atoms with E-state index in [9.17, 15) is 13.2 Å². The van der Waals surface area contributed by atoms with Crippen LogP contribution < -0.4 is 4.74 Å². The molecule has 1 fully saturated rings. The maximum absolute atomic E-state index is 13.5. The Balaban J connectivity index is 1.96. The molecule has 150 valence electrons. The highest BCUT2D eigenvalue weighted by atomic mass is 32.2. The number of sulfonamides is 1. The molecule has 3 rings (SSSR count). The maximum Gasteiger partial charge on any atom is 0.247 e. The van der Waals surface area contributed by atoms with Gasteiger partial charge in [-0.2, -0.15) is 4.31 Å². The van der Waals surface area contributed by atoms with Crippen molar-refractivity contribution in [2.45, 2.75) is 31.2 Å². The summed E-state index contributed by atoms with van der Waals surface area (Å²) in [7, 11) is -2.48. The molecule has 2 aromatic carbocycles. The van der Waals surface area contributed by atoms with Gasteiger partial charge in [-0.05, 0) is 43.0 Å². The molecule has 1 amide bonds. The Kier molecular flexibility index (Phi) is 6.36. The summed E-state index contributed by atoms with van der Waals surface area (Å²) in [5, 5.41) is 0. The van der Waals surface area contributed by atoms with Crippen LogP contribution in [0.15, 0.2) is 53.4 Å². The highest BCUT2D eigenvalue weighted by molar-refractivity contribution is 7.89. The van der Waals surface area contributed by atoms with Gasteiger partial charge in [-0.15, -0.1) is 0 Å². The molecule has 0 saturated carbocycles. The van der Waals surface area contributed by atoms with Crippen LogP contribution in [0.5, 0.6) is 5.75 Å². The molecule has 0 unspecified atom stereocenters. The van der Waals surface area contributed by atoms with Gasteiger partial charge in [-0.25, -0.2) is 8.42 Å². The zero-order chi connectivity index (χ0) is 20.1. The first-order valence-corrected chi connectivity index (χ1v) is 10.8. The number of benzene rings is 2. The molecule has 0 spiro atoms. The van der Waals surface area contributed by atoms with Gasteiger partial charge in [0.2, 0.25) is 15.9 Å². The lowest BCUT2D eigenvalue weighted by Crippen LogP contribution is -2.41. The molecule has 28 heavy (non-hydrogen) atoms. The van der Waals surface area contributed by atoms with E-state index in [-0.39, 0.29) is 29.6 Å². The third-order valence-corrected chi connectivity index (χ3v) is 6.72. The van der Waals surface area contributed by atoms with E-state index in [0.29, 0.717) is 13.1 Å². The molecule has 1 heterocycles. The lowest BCUT2D eigenvalue weighted by atomic mass is 10.2. The van der Waals surface area contributed by atoms with Crippen LogP contribution in [0.4, 0.5) is 0 Å². The normalized spacial score (nSPS) is 14.5. The van der Waals surface area contributed by atoms with Crippen molar-refractivity contribution in [3.05, 3.63) is 59.7 Å². The molecule has 1 aliphatic rings. The van der Waals surface area contributed by atoms with Gasteiger partial charge in [0.1, 0.15) is 10.6 Å². The lowest BCUT2D eigenvalue weighted by Gasteiger charge is -2.25. The van der Waals surface area contributed by atoms with Gasteiger partial charge in [0.25, 0.3) is 0 Å². The van der Waals surface area contributed by atoms with Crippen LogP contribution in [0.3, 0.4) is 0 Å². The van der Waals surface area contributed by atoms with Crippen molar-refractivity contribution in [2.24, 2.45) is 0 Å². The molecule has 0 atom stereocenters. The monoisotopic (exact) mass is 402 g/mol. The molecular weight excluding hydrogens is 376 g/mol. The van der Waals surface area contributed by atoms with Crippen molar-refractivity contribution >= 4 is 15.9 Å². The van der Waals surface area contributed by atoms with E-state index >= 15 is 0 Å². The van der Waals surface area contributed by atoms with Gasteiger partial charge >= 0.3 is 0 Å². The van der Waals surface area contributed by atoms with Crippen molar-refractivity contribution in [3.8, 4) is 5.75 Å². The second-order valence-corrected chi connectivity index (χ2v) is 8.91. The van der Waals surface area contributed by atoms with E-state index in [0.717, 1.165) is 24.0 Å². The highest BCUT2D eigenvalue weighted by Gasteiger charge is 2.31. The fourth-order valence-corrected chi connectivity index (χ4v) is 4.97. The fraction of sp³-hybridized carbons (Fsp3) is 0.381. The number of carbonyl (C=O) groups is 1. The number of hydrogen-bond acceptors (Lipinski definition) is 4. The minimum absolute atomic E-state index is 0.0835. The minimum atomic E-state index is -3.93. The van der Waals surface area contributed by atoms with Gasteiger partial charge in [-0.1, -0.05) is 36.4 Å². The lowest BCUT2D eigenvalue weighted by molar-refractivity contribution is -0.130. The maximum atomic E-state index is 13.5. The van der Waals surface area contributed by atoms with E-state index in [1.807, 2.05) is 37.3 Å². The first kappa shape index (κ1) is 20.4. The Morgan fingerprint density at radius 2 is 1.79 bits per heavy atom. The smallest absolute Gasteiger partial charge is 0.247 e. The number of hydrogen-bond donors (Lipinski definition) is 0. The molecular formula is C21H26N2O4S. The minimum Gasteiger partial charge on any atom is -0.495 e. The summed E-state index contributed by atoms with van der Waals surface area (Å²) in [6.45, 7) is 3.14. The van der Waals surface area contributed by atoms with Crippen molar-refractivity contribution in [3.63, 3.8) is 0 Å². The number of nitrogens with zero attached hydrogens (tertiary/aromatic N) is 2. The quantitative estimate of drug-likeness (QED) is 0.714. The average molecular weight is 403 g/mol. The fourth-order valence-electron chi connectivity index (χ4n) is 3.35. The second kappa shape index (κ2) is 8.75. The summed E-state index contributed by atoms with van der Waals surface area (Å²) in [6, 6.07) is 14.3. The summed E-state index contributed by atoms with van der Waals surface area (Å²) in [5.41, 5.74) is 1.64. The van der Waals surface area contributed by atoms with Crippen LogP contribution in [0.25, 0.3) is 0 Å². The largest absolute Gasteiger partial charge is 0.495 e. The van der Waals surface area contributed by atoms with Gasteiger partial charge in [0.05, 0.1) is 13.7 Å². The third kappa shape index (κ3) is 4.54. The summed E-state index contributed by atoms with van der Waals surface area (Å²) < 4.78 is 33.5. The number of ether oxygens (including phenoxy) is 1. The summed E-state index contributed by atoms with van der Waals surface area (Å²) in [6.07, 6.45) is 1.92. The van der Waals surface area contributed by atoms with E-state index in [4.69, 9.17) is 4.74 Å². The van der Waals surface area contributed by atoms with Gasteiger partial charge in [0, 0.05) is 19.6 Å². The number of likely N-dealkylation sites (tertiary alicyclic amines) is 1. The van der Waals surface area contributed by atoms with Crippen molar-refractivity contribution in [1.82, 2.24) is 9.21 Å². The van der Waals surface area contributed by atoms with Crippen LogP contribution in [0.1, 0.15) is 24.0 Å². The van der Waals surface area contributed by atoms with Crippen LogP contribution >= 0.6 is 0 Å². The highest BCUT2D eigenvalue weighted by Crippen LogP contribution is 2.29. The Hall–Kier alpha value is -2.38.